The molecule has 10 heteroatoms. The van der Waals surface area contributed by atoms with E-state index in [9.17, 15) is 14.4 Å². The highest BCUT2D eigenvalue weighted by Gasteiger charge is 2.26. The SMILES string of the molecule is CCCn1c(=O)c2[nH]c(-c3ccc(C(Br)C(Br)C(=O)OCC)cc3)nc2n(CCC)c1=O. The molecule has 0 radical (unpaired) electrons. The van der Waals surface area contributed by atoms with Gasteiger partial charge in [-0.05, 0) is 25.3 Å². The molecule has 0 bridgehead atoms. The summed E-state index contributed by atoms with van der Waals surface area (Å²) < 4.78 is 7.89. The topological polar surface area (TPSA) is 99.0 Å². The number of alkyl halides is 2. The third-order valence-corrected chi connectivity index (χ3v) is 7.70. The van der Waals surface area contributed by atoms with Gasteiger partial charge in [-0.3, -0.25) is 18.7 Å². The average molecular weight is 570 g/mol. The van der Waals surface area contributed by atoms with Gasteiger partial charge in [-0.25, -0.2) is 9.78 Å². The highest BCUT2D eigenvalue weighted by molar-refractivity contribution is 9.12. The number of halogens is 2. The number of ether oxygens (including phenoxy) is 1. The Kier molecular flexibility index (Phi) is 8.10. The van der Waals surface area contributed by atoms with E-state index < -0.39 is 4.83 Å². The number of esters is 1. The normalized spacial score (nSPS) is 13.3. The molecule has 1 N–H and O–H groups in total. The third kappa shape index (κ3) is 4.76. The number of aromatic nitrogens is 4. The first-order valence-corrected chi connectivity index (χ1v) is 12.5. The minimum absolute atomic E-state index is 0.276. The maximum Gasteiger partial charge on any atom is 0.332 e. The van der Waals surface area contributed by atoms with Crippen LogP contribution in [-0.2, 0) is 22.6 Å². The highest BCUT2D eigenvalue weighted by Crippen LogP contribution is 2.33. The Labute approximate surface area is 202 Å². The lowest BCUT2D eigenvalue weighted by Gasteiger charge is -2.16. The maximum atomic E-state index is 12.9. The molecule has 0 aliphatic rings. The van der Waals surface area contributed by atoms with Gasteiger partial charge in [-0.1, -0.05) is 70.0 Å². The van der Waals surface area contributed by atoms with Crippen molar-refractivity contribution in [3.63, 3.8) is 0 Å². The second-order valence-electron chi connectivity index (χ2n) is 7.35. The number of aryl methyl sites for hydroxylation is 1. The van der Waals surface area contributed by atoms with Gasteiger partial charge in [0.25, 0.3) is 5.56 Å². The number of benzene rings is 1. The summed E-state index contributed by atoms with van der Waals surface area (Å²) in [4.78, 5) is 44.6. The Hall–Kier alpha value is -2.20. The van der Waals surface area contributed by atoms with Crippen molar-refractivity contribution in [3.05, 3.63) is 50.7 Å². The zero-order valence-corrected chi connectivity index (χ0v) is 21.4. The summed E-state index contributed by atoms with van der Waals surface area (Å²) in [5.41, 5.74) is 1.66. The number of imidazole rings is 1. The number of hydrogen-bond donors (Lipinski definition) is 1. The lowest BCUT2D eigenvalue weighted by Crippen LogP contribution is -2.40. The molecule has 0 aliphatic carbocycles. The number of H-pyrrole nitrogens is 1. The van der Waals surface area contributed by atoms with E-state index in [-0.39, 0.29) is 22.0 Å². The molecule has 0 saturated carbocycles. The molecular weight excluding hydrogens is 544 g/mol. The number of carbonyl (C=O) groups is 1. The zero-order chi connectivity index (χ0) is 23.4. The lowest BCUT2D eigenvalue weighted by molar-refractivity contribution is -0.142. The van der Waals surface area contributed by atoms with Gasteiger partial charge < -0.3 is 9.72 Å². The van der Waals surface area contributed by atoms with Crippen LogP contribution in [0, 0.1) is 0 Å². The molecule has 0 aliphatic heterocycles. The first-order chi connectivity index (χ1) is 15.3. The molecule has 32 heavy (non-hydrogen) atoms. The van der Waals surface area contributed by atoms with E-state index >= 15 is 0 Å². The van der Waals surface area contributed by atoms with Gasteiger partial charge in [0, 0.05) is 18.7 Å². The van der Waals surface area contributed by atoms with Crippen LogP contribution < -0.4 is 11.2 Å². The van der Waals surface area contributed by atoms with Gasteiger partial charge in [-0.2, -0.15) is 0 Å². The Balaban J connectivity index is 2.01. The summed E-state index contributed by atoms with van der Waals surface area (Å²) in [6.45, 7) is 6.82. The summed E-state index contributed by atoms with van der Waals surface area (Å²) in [5, 5.41) is 0. The largest absolute Gasteiger partial charge is 0.465 e. The molecule has 2 atom stereocenters. The van der Waals surface area contributed by atoms with Crippen LogP contribution in [0.1, 0.15) is 44.0 Å². The van der Waals surface area contributed by atoms with Crippen LogP contribution in [0.15, 0.2) is 33.9 Å². The fourth-order valence-corrected chi connectivity index (χ4v) is 4.44. The van der Waals surface area contributed by atoms with E-state index in [2.05, 4.69) is 41.8 Å². The lowest BCUT2D eigenvalue weighted by atomic mass is 10.1. The van der Waals surface area contributed by atoms with Crippen LogP contribution in [0.3, 0.4) is 0 Å². The van der Waals surface area contributed by atoms with Crippen molar-refractivity contribution < 1.29 is 9.53 Å². The second-order valence-corrected chi connectivity index (χ2v) is 9.33. The van der Waals surface area contributed by atoms with E-state index in [1.54, 1.807) is 11.5 Å². The van der Waals surface area contributed by atoms with Gasteiger partial charge in [-0.15, -0.1) is 0 Å². The predicted octanol–water partition coefficient (Wildman–Crippen LogP) is 4.14. The van der Waals surface area contributed by atoms with Crippen molar-refractivity contribution in [2.24, 2.45) is 0 Å². The highest BCUT2D eigenvalue weighted by atomic mass is 79.9. The van der Waals surface area contributed by atoms with Crippen LogP contribution in [-0.4, -0.2) is 36.5 Å². The molecule has 172 valence electrons. The van der Waals surface area contributed by atoms with Crippen molar-refractivity contribution in [2.75, 3.05) is 6.61 Å². The summed E-state index contributed by atoms with van der Waals surface area (Å²) in [5.74, 6) is 0.169. The number of aromatic amines is 1. The van der Waals surface area contributed by atoms with E-state index in [0.29, 0.717) is 43.1 Å². The average Bonchev–Trinajstić information content (AvgIpc) is 3.24. The van der Waals surface area contributed by atoms with Crippen LogP contribution in [0.5, 0.6) is 0 Å². The van der Waals surface area contributed by atoms with E-state index in [0.717, 1.165) is 17.5 Å². The Morgan fingerprint density at radius 2 is 1.69 bits per heavy atom. The summed E-state index contributed by atoms with van der Waals surface area (Å²) in [7, 11) is 0. The predicted molar refractivity (Wildman–Crippen MR) is 132 cm³/mol. The quantitative estimate of drug-likeness (QED) is 0.308. The monoisotopic (exact) mass is 568 g/mol. The molecule has 8 nitrogen and oxygen atoms in total. The zero-order valence-electron chi connectivity index (χ0n) is 18.2. The molecule has 3 rings (SSSR count). The Morgan fingerprint density at radius 3 is 2.28 bits per heavy atom. The van der Waals surface area contributed by atoms with Gasteiger partial charge in [0.2, 0.25) is 0 Å². The molecule has 3 aromatic rings. The summed E-state index contributed by atoms with van der Waals surface area (Å²) in [6, 6.07) is 7.48. The first kappa shape index (κ1) is 24.4. The number of nitrogens with zero attached hydrogens (tertiary/aromatic N) is 3. The third-order valence-electron chi connectivity index (χ3n) is 5.03. The Bertz CT molecular complexity index is 1210. The van der Waals surface area contributed by atoms with Crippen LogP contribution >= 0.6 is 31.9 Å². The fourth-order valence-electron chi connectivity index (χ4n) is 3.48. The number of fused-ring (bicyclic) bond motifs is 1. The van der Waals surface area contributed by atoms with Crippen molar-refractivity contribution in [1.82, 2.24) is 19.1 Å². The van der Waals surface area contributed by atoms with Crippen molar-refractivity contribution in [2.45, 2.75) is 56.4 Å². The van der Waals surface area contributed by atoms with Gasteiger partial charge >= 0.3 is 11.7 Å². The maximum absolute atomic E-state index is 12.9. The number of rotatable bonds is 9. The number of carbonyl (C=O) groups excluding carboxylic acids is 1. The van der Waals surface area contributed by atoms with E-state index in [1.807, 2.05) is 38.1 Å². The standard InChI is InChI=1S/C22H26Br2N4O4/c1-4-11-27-19-17(20(29)28(12-5-2)22(27)31)25-18(26-19)14-9-7-13(8-10-14)15(23)16(24)21(30)32-6-3/h7-10,15-16H,4-6,11-12H2,1-3H3,(H,25,26). The molecule has 2 aromatic heterocycles. The van der Waals surface area contributed by atoms with Gasteiger partial charge in [0.05, 0.1) is 11.4 Å². The minimum Gasteiger partial charge on any atom is -0.465 e. The van der Waals surface area contributed by atoms with Crippen molar-refractivity contribution in [3.8, 4) is 11.4 Å². The molecule has 2 unspecified atom stereocenters. The molecule has 0 fully saturated rings. The molecule has 2 heterocycles. The van der Waals surface area contributed by atoms with Crippen molar-refractivity contribution >= 4 is 49.0 Å². The van der Waals surface area contributed by atoms with Crippen LogP contribution in [0.2, 0.25) is 0 Å². The fraction of sp³-hybridized carbons (Fsp3) is 0.455. The smallest absolute Gasteiger partial charge is 0.332 e. The molecule has 0 spiro atoms. The number of hydrogen-bond acceptors (Lipinski definition) is 5. The number of nitrogens with one attached hydrogen (secondary N) is 1. The molecular formula is C22H26Br2N4O4. The van der Waals surface area contributed by atoms with Crippen molar-refractivity contribution in [1.29, 1.82) is 0 Å². The van der Waals surface area contributed by atoms with E-state index in [4.69, 9.17) is 4.74 Å². The summed E-state index contributed by atoms with van der Waals surface area (Å²) in [6.07, 6.45) is 1.43. The van der Waals surface area contributed by atoms with Gasteiger partial charge in [0.15, 0.2) is 5.65 Å². The van der Waals surface area contributed by atoms with Crippen LogP contribution in [0.25, 0.3) is 22.6 Å². The molecule has 1 aromatic carbocycles. The first-order valence-electron chi connectivity index (χ1n) is 10.6. The summed E-state index contributed by atoms with van der Waals surface area (Å²) >= 11 is 6.93. The molecule has 0 amide bonds. The Morgan fingerprint density at radius 1 is 1.06 bits per heavy atom. The minimum atomic E-state index is -0.528. The van der Waals surface area contributed by atoms with E-state index in [1.165, 1.54) is 4.57 Å². The second kappa shape index (κ2) is 10.6. The van der Waals surface area contributed by atoms with Crippen LogP contribution in [0.4, 0.5) is 0 Å². The van der Waals surface area contributed by atoms with Gasteiger partial charge in [0.1, 0.15) is 16.2 Å². The molecule has 0 saturated heterocycles.